The summed E-state index contributed by atoms with van der Waals surface area (Å²) >= 11 is 0. The Kier molecular flexibility index (Phi) is 11.2. The van der Waals surface area contributed by atoms with Gasteiger partial charge in [-0.1, -0.05) is 125 Å². The SMILES string of the molecule is CCC(C)C(C=NCC(CCN(C)C)(c1ccc2ccccc2c1)C(C)CC)(CCN(C)C)c1ccc2ccccc2c1. The Bertz CT molecular complexity index is 1490. The second kappa shape index (κ2) is 14.6. The van der Waals surface area contributed by atoms with Gasteiger partial charge in [-0.05, 0) is 98.6 Å². The summed E-state index contributed by atoms with van der Waals surface area (Å²) in [5.41, 5.74) is 2.62. The van der Waals surface area contributed by atoms with Gasteiger partial charge in [-0.2, -0.15) is 0 Å². The van der Waals surface area contributed by atoms with Crippen LogP contribution < -0.4 is 0 Å². The molecule has 0 bridgehead atoms. The maximum Gasteiger partial charge on any atom is 0.0485 e. The summed E-state index contributed by atoms with van der Waals surface area (Å²) < 4.78 is 0. The second-order valence-electron chi connectivity index (χ2n) is 13.5. The van der Waals surface area contributed by atoms with Crippen molar-refractivity contribution in [3.05, 3.63) is 96.1 Å². The summed E-state index contributed by atoms with van der Waals surface area (Å²) in [4.78, 5) is 10.2. The first-order valence-corrected chi connectivity index (χ1v) is 16.4. The molecule has 0 amide bonds. The number of fused-ring (bicyclic) bond motifs is 2. The van der Waals surface area contributed by atoms with Gasteiger partial charge in [-0.25, -0.2) is 0 Å². The number of benzene rings is 4. The minimum atomic E-state index is -0.144. The molecule has 0 heterocycles. The van der Waals surface area contributed by atoms with E-state index in [9.17, 15) is 0 Å². The van der Waals surface area contributed by atoms with Crippen LogP contribution in [0.2, 0.25) is 0 Å². The van der Waals surface area contributed by atoms with E-state index in [0.29, 0.717) is 11.8 Å². The molecule has 0 aliphatic heterocycles. The summed E-state index contributed by atoms with van der Waals surface area (Å²) in [5.74, 6) is 0.948. The predicted molar refractivity (Wildman–Crippen MR) is 190 cm³/mol. The lowest BCUT2D eigenvalue weighted by molar-refractivity contribution is 0.234. The number of aliphatic imine (C=N–C) groups is 1. The predicted octanol–water partition coefficient (Wildman–Crippen LogP) is 9.24. The van der Waals surface area contributed by atoms with E-state index in [0.717, 1.165) is 45.3 Å². The molecular weight excluding hydrogens is 522 g/mol. The Morgan fingerprint density at radius 2 is 1.12 bits per heavy atom. The molecule has 0 saturated heterocycles. The third-order valence-corrected chi connectivity index (χ3v) is 10.3. The van der Waals surface area contributed by atoms with Gasteiger partial charge in [0.2, 0.25) is 0 Å². The number of hydrogen-bond acceptors (Lipinski definition) is 3. The molecule has 4 atom stereocenters. The highest BCUT2D eigenvalue weighted by atomic mass is 15.1. The minimum Gasteiger partial charge on any atom is -0.309 e. The molecule has 0 N–H and O–H groups in total. The lowest BCUT2D eigenvalue weighted by atomic mass is 9.66. The van der Waals surface area contributed by atoms with Crippen LogP contribution in [0.5, 0.6) is 0 Å². The topological polar surface area (TPSA) is 18.8 Å². The highest BCUT2D eigenvalue weighted by Gasteiger charge is 2.39. The third kappa shape index (κ3) is 7.39. The van der Waals surface area contributed by atoms with Crippen LogP contribution in [0.4, 0.5) is 0 Å². The summed E-state index contributed by atoms with van der Waals surface area (Å²) in [6.07, 6.45) is 6.74. The van der Waals surface area contributed by atoms with Gasteiger partial charge >= 0.3 is 0 Å². The van der Waals surface area contributed by atoms with Crippen LogP contribution in [0.1, 0.15) is 64.5 Å². The molecule has 4 aromatic carbocycles. The molecule has 0 aliphatic carbocycles. The second-order valence-corrected chi connectivity index (χ2v) is 13.5. The number of nitrogens with zero attached hydrogens (tertiary/aromatic N) is 3. The molecule has 3 heteroatoms. The molecule has 0 saturated carbocycles. The van der Waals surface area contributed by atoms with Gasteiger partial charge < -0.3 is 9.80 Å². The van der Waals surface area contributed by atoms with E-state index in [1.165, 1.54) is 32.7 Å². The zero-order chi connectivity index (χ0) is 31.0. The molecule has 0 spiro atoms. The van der Waals surface area contributed by atoms with Gasteiger partial charge in [-0.15, -0.1) is 0 Å². The monoisotopic (exact) mass is 577 g/mol. The van der Waals surface area contributed by atoms with Crippen molar-refractivity contribution in [2.75, 3.05) is 47.8 Å². The van der Waals surface area contributed by atoms with Crippen LogP contribution in [-0.4, -0.2) is 63.8 Å². The average Bonchev–Trinajstić information content (AvgIpc) is 3.02. The summed E-state index contributed by atoms with van der Waals surface area (Å²) in [7, 11) is 8.77. The van der Waals surface area contributed by atoms with Crippen molar-refractivity contribution in [2.24, 2.45) is 16.8 Å². The Labute approximate surface area is 262 Å². The molecule has 0 fully saturated rings. The van der Waals surface area contributed by atoms with Gasteiger partial charge in [0.05, 0.1) is 0 Å². The van der Waals surface area contributed by atoms with Crippen LogP contribution in [0, 0.1) is 11.8 Å². The van der Waals surface area contributed by atoms with Crippen LogP contribution in [0.25, 0.3) is 21.5 Å². The van der Waals surface area contributed by atoms with Crippen molar-refractivity contribution in [3.8, 4) is 0 Å². The molecular formula is C40H55N3. The smallest absolute Gasteiger partial charge is 0.0485 e. The van der Waals surface area contributed by atoms with E-state index in [2.05, 4.69) is 157 Å². The van der Waals surface area contributed by atoms with Crippen LogP contribution >= 0.6 is 0 Å². The third-order valence-electron chi connectivity index (χ3n) is 10.3. The zero-order valence-corrected chi connectivity index (χ0v) is 28.1. The Balaban J connectivity index is 1.85. The average molecular weight is 578 g/mol. The lowest BCUT2D eigenvalue weighted by Gasteiger charge is -2.41. The molecule has 4 unspecified atom stereocenters. The van der Waals surface area contributed by atoms with Crippen molar-refractivity contribution >= 4 is 27.8 Å². The molecule has 4 rings (SSSR count). The maximum atomic E-state index is 5.56. The highest BCUT2D eigenvalue weighted by Crippen LogP contribution is 2.42. The Morgan fingerprint density at radius 1 is 0.628 bits per heavy atom. The largest absolute Gasteiger partial charge is 0.309 e. The molecule has 3 nitrogen and oxygen atoms in total. The first-order valence-electron chi connectivity index (χ1n) is 16.4. The highest BCUT2D eigenvalue weighted by molar-refractivity contribution is 5.86. The maximum absolute atomic E-state index is 5.56. The number of rotatable bonds is 15. The van der Waals surface area contributed by atoms with E-state index >= 15 is 0 Å². The van der Waals surface area contributed by atoms with Crippen molar-refractivity contribution < 1.29 is 0 Å². The molecule has 4 aromatic rings. The standard InChI is InChI=1S/C40H55N3/c1-9-31(3)39(23-25-42(5)6,37-21-19-33-15-11-13-17-35(33)27-37)29-41-30-40(32(4)10-2,24-26-43(7)8)38-22-20-34-16-12-14-18-36(34)28-38/h11-22,27-29,31-32H,9-10,23-26,30H2,1-8H3. The number of hydrogen-bond donors (Lipinski definition) is 0. The van der Waals surface area contributed by atoms with Crippen LogP contribution in [0.15, 0.2) is 89.9 Å². The van der Waals surface area contributed by atoms with Gasteiger partial charge in [0.25, 0.3) is 0 Å². The van der Waals surface area contributed by atoms with Gasteiger partial charge in [0.15, 0.2) is 0 Å². The fourth-order valence-electron chi connectivity index (χ4n) is 6.88. The Morgan fingerprint density at radius 3 is 1.65 bits per heavy atom. The fourth-order valence-corrected chi connectivity index (χ4v) is 6.88. The normalized spacial score (nSPS) is 16.6. The van der Waals surface area contributed by atoms with E-state index in [1.807, 2.05) is 0 Å². The minimum absolute atomic E-state index is 0.0499. The summed E-state index contributed by atoms with van der Waals surface area (Å²) in [6, 6.07) is 31.8. The van der Waals surface area contributed by atoms with Crippen molar-refractivity contribution in [1.29, 1.82) is 0 Å². The quantitative estimate of drug-likeness (QED) is 0.131. The van der Waals surface area contributed by atoms with E-state index < -0.39 is 0 Å². The van der Waals surface area contributed by atoms with Crippen molar-refractivity contribution in [2.45, 2.75) is 64.2 Å². The molecule has 230 valence electrons. The van der Waals surface area contributed by atoms with Crippen LogP contribution in [-0.2, 0) is 10.8 Å². The van der Waals surface area contributed by atoms with Gasteiger partial charge in [0.1, 0.15) is 0 Å². The Hall–Kier alpha value is -3.01. The molecule has 0 aromatic heterocycles. The molecule has 43 heavy (non-hydrogen) atoms. The molecule has 0 radical (unpaired) electrons. The van der Waals surface area contributed by atoms with E-state index in [4.69, 9.17) is 4.99 Å². The van der Waals surface area contributed by atoms with Gasteiger partial charge in [0, 0.05) is 23.6 Å². The van der Waals surface area contributed by atoms with Crippen molar-refractivity contribution in [3.63, 3.8) is 0 Å². The first-order chi connectivity index (χ1) is 20.6. The van der Waals surface area contributed by atoms with Crippen LogP contribution in [0.3, 0.4) is 0 Å². The van der Waals surface area contributed by atoms with Gasteiger partial charge in [-0.3, -0.25) is 4.99 Å². The molecule has 0 aliphatic rings. The summed E-state index contributed by atoms with van der Waals surface area (Å²) in [5, 5.41) is 5.22. The lowest BCUT2D eigenvalue weighted by Crippen LogP contribution is -2.41. The fraction of sp³-hybridized carbons (Fsp3) is 0.475. The summed E-state index contributed by atoms with van der Waals surface area (Å²) in [6.45, 7) is 12.4. The zero-order valence-electron chi connectivity index (χ0n) is 28.1. The van der Waals surface area contributed by atoms with E-state index in [-0.39, 0.29) is 10.8 Å². The van der Waals surface area contributed by atoms with Crippen molar-refractivity contribution in [1.82, 2.24) is 9.80 Å². The van der Waals surface area contributed by atoms with E-state index in [1.54, 1.807) is 0 Å². The first kappa shape index (κ1) is 32.9.